The first kappa shape index (κ1) is 15.4. The van der Waals surface area contributed by atoms with E-state index >= 15 is 0 Å². The van der Waals surface area contributed by atoms with Gasteiger partial charge in [-0.25, -0.2) is 0 Å². The van der Waals surface area contributed by atoms with E-state index in [2.05, 4.69) is 41.3 Å². The lowest BCUT2D eigenvalue weighted by Gasteiger charge is -2.25. The molecule has 2 unspecified atom stereocenters. The molecular formula is C16H27N3O. The topological polar surface area (TPSA) is 37.4 Å². The molecule has 4 heteroatoms. The second-order valence-electron chi connectivity index (χ2n) is 5.73. The van der Waals surface area contributed by atoms with Crippen LogP contribution in [0.4, 0.5) is 0 Å². The molecule has 1 fully saturated rings. The van der Waals surface area contributed by atoms with Crippen LogP contribution in [-0.2, 0) is 11.2 Å². The Kier molecular flexibility index (Phi) is 6.43. The predicted octanol–water partition coefficient (Wildman–Crippen LogP) is 1.71. The van der Waals surface area contributed by atoms with Gasteiger partial charge in [-0.2, -0.15) is 0 Å². The lowest BCUT2D eigenvalue weighted by Crippen LogP contribution is -2.41. The molecule has 0 spiro atoms. The molecule has 2 rings (SSSR count). The van der Waals surface area contributed by atoms with E-state index in [-0.39, 0.29) is 0 Å². The molecule has 0 radical (unpaired) electrons. The molecule has 1 saturated heterocycles. The van der Waals surface area contributed by atoms with Crippen LogP contribution in [0.15, 0.2) is 24.5 Å². The van der Waals surface area contributed by atoms with Crippen molar-refractivity contribution in [3.8, 4) is 0 Å². The van der Waals surface area contributed by atoms with E-state index in [9.17, 15) is 0 Å². The molecule has 1 aliphatic rings. The number of aromatic nitrogens is 1. The van der Waals surface area contributed by atoms with Gasteiger partial charge >= 0.3 is 0 Å². The van der Waals surface area contributed by atoms with Gasteiger partial charge in [0.25, 0.3) is 0 Å². The first-order valence-corrected chi connectivity index (χ1v) is 7.67. The summed E-state index contributed by atoms with van der Waals surface area (Å²) in [5, 5.41) is 3.53. The zero-order valence-electron chi connectivity index (χ0n) is 12.7. The maximum absolute atomic E-state index is 5.62. The highest BCUT2D eigenvalue weighted by Crippen LogP contribution is 2.10. The van der Waals surface area contributed by atoms with Crippen LogP contribution in [0.2, 0.25) is 0 Å². The van der Waals surface area contributed by atoms with Crippen LogP contribution in [0.3, 0.4) is 0 Å². The van der Waals surface area contributed by atoms with Crippen LogP contribution in [0.5, 0.6) is 0 Å². The Labute approximate surface area is 122 Å². The van der Waals surface area contributed by atoms with Gasteiger partial charge < -0.3 is 15.0 Å². The fraction of sp³-hybridized carbons (Fsp3) is 0.688. The van der Waals surface area contributed by atoms with E-state index in [0.29, 0.717) is 12.1 Å². The van der Waals surface area contributed by atoms with Crippen molar-refractivity contribution in [3.63, 3.8) is 0 Å². The third kappa shape index (κ3) is 5.19. The zero-order valence-corrected chi connectivity index (χ0v) is 12.7. The van der Waals surface area contributed by atoms with Crippen molar-refractivity contribution in [2.75, 3.05) is 33.3 Å². The molecule has 1 N–H and O–H groups in total. The van der Waals surface area contributed by atoms with Crippen molar-refractivity contribution in [3.05, 3.63) is 30.1 Å². The van der Waals surface area contributed by atoms with E-state index in [0.717, 1.165) is 32.7 Å². The van der Waals surface area contributed by atoms with E-state index < -0.39 is 0 Å². The first-order chi connectivity index (χ1) is 9.75. The Balaban J connectivity index is 1.60. The van der Waals surface area contributed by atoms with E-state index in [1.807, 2.05) is 12.4 Å². The standard InChI is InChI=1S/C16H27N3O/c1-14(12-18-13-16-4-3-11-20-16)19(2)10-7-15-5-8-17-9-6-15/h5-6,8-9,14,16,18H,3-4,7,10-13H2,1-2H3. The van der Waals surface area contributed by atoms with E-state index in [1.54, 1.807) is 0 Å². The quantitative estimate of drug-likeness (QED) is 0.785. The summed E-state index contributed by atoms with van der Waals surface area (Å²) in [6, 6.07) is 4.72. The predicted molar refractivity (Wildman–Crippen MR) is 81.9 cm³/mol. The van der Waals surface area contributed by atoms with Crippen LogP contribution in [0.25, 0.3) is 0 Å². The maximum atomic E-state index is 5.62. The van der Waals surface area contributed by atoms with Crippen molar-refractivity contribution >= 4 is 0 Å². The molecule has 0 saturated carbocycles. The molecule has 2 atom stereocenters. The van der Waals surface area contributed by atoms with Crippen LogP contribution < -0.4 is 5.32 Å². The number of nitrogens with zero attached hydrogens (tertiary/aromatic N) is 2. The average molecular weight is 277 g/mol. The number of rotatable bonds is 8. The van der Waals surface area contributed by atoms with Gasteiger partial charge in [-0.05, 0) is 50.9 Å². The molecule has 112 valence electrons. The Morgan fingerprint density at radius 2 is 2.25 bits per heavy atom. The SMILES string of the molecule is CC(CNCC1CCCO1)N(C)CCc1ccncc1. The molecule has 4 nitrogen and oxygen atoms in total. The summed E-state index contributed by atoms with van der Waals surface area (Å²) in [5.41, 5.74) is 1.35. The number of likely N-dealkylation sites (N-methyl/N-ethyl adjacent to an activating group) is 1. The number of hydrogen-bond acceptors (Lipinski definition) is 4. The normalized spacial score (nSPS) is 20.4. The molecule has 0 bridgehead atoms. The molecular weight excluding hydrogens is 250 g/mol. The third-order valence-corrected chi connectivity index (χ3v) is 4.09. The smallest absolute Gasteiger partial charge is 0.0700 e. The van der Waals surface area contributed by atoms with Crippen molar-refractivity contribution in [1.29, 1.82) is 0 Å². The highest BCUT2D eigenvalue weighted by Gasteiger charge is 2.15. The first-order valence-electron chi connectivity index (χ1n) is 7.67. The van der Waals surface area contributed by atoms with E-state index in [1.165, 1.54) is 18.4 Å². The van der Waals surface area contributed by atoms with Gasteiger partial charge in [-0.3, -0.25) is 4.98 Å². The summed E-state index contributed by atoms with van der Waals surface area (Å²) < 4.78 is 5.62. The second-order valence-corrected chi connectivity index (χ2v) is 5.73. The van der Waals surface area contributed by atoms with Gasteiger partial charge in [0.2, 0.25) is 0 Å². The van der Waals surface area contributed by atoms with Gasteiger partial charge in [-0.15, -0.1) is 0 Å². The van der Waals surface area contributed by atoms with Crippen LogP contribution in [0, 0.1) is 0 Å². The molecule has 20 heavy (non-hydrogen) atoms. The number of pyridine rings is 1. The van der Waals surface area contributed by atoms with Crippen LogP contribution in [-0.4, -0.2) is 55.3 Å². The maximum Gasteiger partial charge on any atom is 0.0700 e. The summed E-state index contributed by atoms with van der Waals surface area (Å²) in [6.07, 6.45) is 7.66. The Bertz CT molecular complexity index is 365. The summed E-state index contributed by atoms with van der Waals surface area (Å²) in [5.74, 6) is 0. The lowest BCUT2D eigenvalue weighted by molar-refractivity contribution is 0.108. The van der Waals surface area contributed by atoms with E-state index in [4.69, 9.17) is 4.74 Å². The summed E-state index contributed by atoms with van der Waals surface area (Å²) in [4.78, 5) is 6.46. The highest BCUT2D eigenvalue weighted by molar-refractivity contribution is 5.09. The highest BCUT2D eigenvalue weighted by atomic mass is 16.5. The minimum Gasteiger partial charge on any atom is -0.377 e. The van der Waals surface area contributed by atoms with Gasteiger partial charge in [0.15, 0.2) is 0 Å². The fourth-order valence-corrected chi connectivity index (χ4v) is 2.49. The average Bonchev–Trinajstić information content (AvgIpc) is 2.99. The minimum absolute atomic E-state index is 0.435. The Morgan fingerprint density at radius 3 is 2.95 bits per heavy atom. The third-order valence-electron chi connectivity index (χ3n) is 4.09. The second kappa shape index (κ2) is 8.35. The zero-order chi connectivity index (χ0) is 14.2. The number of nitrogens with one attached hydrogen (secondary N) is 1. The minimum atomic E-state index is 0.435. The number of ether oxygens (including phenoxy) is 1. The molecule has 0 aromatic carbocycles. The molecule has 1 aliphatic heterocycles. The van der Waals surface area contributed by atoms with Gasteiger partial charge in [0, 0.05) is 44.7 Å². The van der Waals surface area contributed by atoms with Gasteiger partial charge in [-0.1, -0.05) is 0 Å². The summed E-state index contributed by atoms with van der Waals surface area (Å²) >= 11 is 0. The summed E-state index contributed by atoms with van der Waals surface area (Å²) in [7, 11) is 2.19. The molecule has 0 aliphatic carbocycles. The Hall–Kier alpha value is -0.970. The monoisotopic (exact) mass is 277 g/mol. The van der Waals surface area contributed by atoms with Crippen molar-refractivity contribution in [2.24, 2.45) is 0 Å². The van der Waals surface area contributed by atoms with Gasteiger partial charge in [0.1, 0.15) is 0 Å². The summed E-state index contributed by atoms with van der Waals surface area (Å²) in [6.45, 7) is 6.30. The van der Waals surface area contributed by atoms with Crippen molar-refractivity contribution in [2.45, 2.75) is 38.3 Å². The van der Waals surface area contributed by atoms with Crippen molar-refractivity contribution in [1.82, 2.24) is 15.2 Å². The molecule has 1 aromatic rings. The Morgan fingerprint density at radius 1 is 1.45 bits per heavy atom. The largest absolute Gasteiger partial charge is 0.377 e. The van der Waals surface area contributed by atoms with Crippen LogP contribution >= 0.6 is 0 Å². The molecule has 0 amide bonds. The van der Waals surface area contributed by atoms with Crippen LogP contribution in [0.1, 0.15) is 25.3 Å². The lowest BCUT2D eigenvalue weighted by atomic mass is 10.2. The fourth-order valence-electron chi connectivity index (χ4n) is 2.49. The molecule has 2 heterocycles. The van der Waals surface area contributed by atoms with Gasteiger partial charge in [0.05, 0.1) is 6.10 Å². The number of hydrogen-bond donors (Lipinski definition) is 1. The molecule has 1 aromatic heterocycles. The van der Waals surface area contributed by atoms with Crippen molar-refractivity contribution < 1.29 is 4.74 Å².